The van der Waals surface area contributed by atoms with Crippen LogP contribution in [0.4, 0.5) is 4.39 Å². The molecule has 0 bridgehead atoms. The van der Waals surface area contributed by atoms with Crippen LogP contribution in [0.25, 0.3) is 11.1 Å². The zero-order valence-electron chi connectivity index (χ0n) is 13.2. The summed E-state index contributed by atoms with van der Waals surface area (Å²) in [4.78, 5) is 12.2. The van der Waals surface area contributed by atoms with Gasteiger partial charge in [-0.1, -0.05) is 54.6 Å². The summed E-state index contributed by atoms with van der Waals surface area (Å²) >= 11 is 0. The first kappa shape index (κ1) is 15.9. The first-order valence-electron chi connectivity index (χ1n) is 7.90. The van der Waals surface area contributed by atoms with Crippen LogP contribution in [-0.2, 0) is 6.42 Å². The lowest BCUT2D eigenvalue weighted by atomic mass is 10.0. The molecular formula is C21H18FNO. The predicted octanol–water partition coefficient (Wildman–Crippen LogP) is 4.47. The number of hydrogen-bond acceptors (Lipinski definition) is 1. The smallest absolute Gasteiger partial charge is 0.251 e. The molecule has 0 fully saturated rings. The second-order valence-electron chi connectivity index (χ2n) is 5.58. The van der Waals surface area contributed by atoms with Gasteiger partial charge in [0.25, 0.3) is 5.91 Å². The first-order chi connectivity index (χ1) is 11.7. The largest absolute Gasteiger partial charge is 0.352 e. The van der Waals surface area contributed by atoms with Crippen molar-refractivity contribution in [2.75, 3.05) is 6.54 Å². The second kappa shape index (κ2) is 7.55. The summed E-state index contributed by atoms with van der Waals surface area (Å²) < 4.78 is 13.1. The summed E-state index contributed by atoms with van der Waals surface area (Å²) in [5.41, 5.74) is 3.69. The molecule has 3 aromatic carbocycles. The summed E-state index contributed by atoms with van der Waals surface area (Å²) in [5, 5.41) is 2.86. The Balaban J connectivity index is 1.57. The van der Waals surface area contributed by atoms with Crippen LogP contribution in [0.2, 0.25) is 0 Å². The molecule has 24 heavy (non-hydrogen) atoms. The van der Waals surface area contributed by atoms with E-state index in [1.54, 1.807) is 6.07 Å². The van der Waals surface area contributed by atoms with Crippen LogP contribution in [0.5, 0.6) is 0 Å². The lowest BCUT2D eigenvalue weighted by molar-refractivity contribution is 0.0954. The molecule has 0 heterocycles. The highest BCUT2D eigenvalue weighted by molar-refractivity contribution is 5.94. The van der Waals surface area contributed by atoms with Gasteiger partial charge in [-0.15, -0.1) is 0 Å². The van der Waals surface area contributed by atoms with Gasteiger partial charge in [-0.25, -0.2) is 4.39 Å². The van der Waals surface area contributed by atoms with Crippen LogP contribution in [-0.4, -0.2) is 12.5 Å². The van der Waals surface area contributed by atoms with E-state index in [0.29, 0.717) is 18.5 Å². The Morgan fingerprint density at radius 1 is 0.833 bits per heavy atom. The van der Waals surface area contributed by atoms with E-state index in [4.69, 9.17) is 0 Å². The fourth-order valence-corrected chi connectivity index (χ4v) is 2.56. The number of halogens is 1. The van der Waals surface area contributed by atoms with Crippen molar-refractivity contribution in [2.45, 2.75) is 6.42 Å². The molecule has 2 nitrogen and oxygen atoms in total. The maximum absolute atomic E-state index is 13.1. The molecule has 0 aromatic heterocycles. The molecule has 0 aliphatic carbocycles. The van der Waals surface area contributed by atoms with Crippen molar-refractivity contribution >= 4 is 5.91 Å². The monoisotopic (exact) mass is 319 g/mol. The molecule has 0 unspecified atom stereocenters. The van der Waals surface area contributed by atoms with Crippen molar-refractivity contribution in [3.05, 3.63) is 95.8 Å². The Labute approximate surface area is 141 Å². The van der Waals surface area contributed by atoms with Crippen molar-refractivity contribution in [3.63, 3.8) is 0 Å². The van der Waals surface area contributed by atoms with Crippen LogP contribution in [0, 0.1) is 5.82 Å². The summed E-state index contributed by atoms with van der Waals surface area (Å²) in [6.07, 6.45) is 0.603. The third-order valence-corrected chi connectivity index (χ3v) is 3.84. The molecule has 0 atom stereocenters. The molecule has 1 amide bonds. The van der Waals surface area contributed by atoms with E-state index < -0.39 is 0 Å². The van der Waals surface area contributed by atoms with E-state index in [1.165, 1.54) is 12.1 Å². The van der Waals surface area contributed by atoms with Crippen molar-refractivity contribution in [3.8, 4) is 11.1 Å². The van der Waals surface area contributed by atoms with Crippen LogP contribution in [0.1, 0.15) is 15.9 Å². The van der Waals surface area contributed by atoms with E-state index >= 15 is 0 Å². The minimum absolute atomic E-state index is 0.119. The number of carbonyl (C=O) groups excluding carboxylic acids is 1. The van der Waals surface area contributed by atoms with E-state index in [0.717, 1.165) is 16.7 Å². The molecule has 0 spiro atoms. The average molecular weight is 319 g/mol. The van der Waals surface area contributed by atoms with Gasteiger partial charge in [0.1, 0.15) is 5.82 Å². The standard InChI is InChI=1S/C21H18FNO/c22-20-8-4-5-16(15-20)13-14-23-21(24)19-11-9-18(10-12-19)17-6-2-1-3-7-17/h1-12,15H,13-14H2,(H,23,24). The summed E-state index contributed by atoms with van der Waals surface area (Å²) in [5.74, 6) is -0.374. The summed E-state index contributed by atoms with van der Waals surface area (Å²) in [6.45, 7) is 0.475. The number of carbonyl (C=O) groups is 1. The topological polar surface area (TPSA) is 29.1 Å². The number of amides is 1. The Morgan fingerprint density at radius 3 is 2.25 bits per heavy atom. The van der Waals surface area contributed by atoms with Crippen LogP contribution < -0.4 is 5.32 Å². The van der Waals surface area contributed by atoms with Gasteiger partial charge in [0.15, 0.2) is 0 Å². The van der Waals surface area contributed by atoms with Crippen LogP contribution in [0.15, 0.2) is 78.9 Å². The van der Waals surface area contributed by atoms with E-state index in [-0.39, 0.29) is 11.7 Å². The fourth-order valence-electron chi connectivity index (χ4n) is 2.56. The SMILES string of the molecule is O=C(NCCc1cccc(F)c1)c1ccc(-c2ccccc2)cc1. The van der Waals surface area contributed by atoms with Gasteiger partial charge in [0, 0.05) is 12.1 Å². The molecule has 0 saturated heterocycles. The highest BCUT2D eigenvalue weighted by Crippen LogP contribution is 2.19. The Kier molecular flexibility index (Phi) is 5.02. The zero-order chi connectivity index (χ0) is 16.8. The predicted molar refractivity (Wildman–Crippen MR) is 94.3 cm³/mol. The van der Waals surface area contributed by atoms with Crippen molar-refractivity contribution in [1.82, 2.24) is 5.32 Å². The van der Waals surface area contributed by atoms with Gasteiger partial charge in [-0.3, -0.25) is 4.79 Å². The van der Waals surface area contributed by atoms with Gasteiger partial charge >= 0.3 is 0 Å². The molecule has 120 valence electrons. The maximum Gasteiger partial charge on any atom is 0.251 e. The summed E-state index contributed by atoms with van der Waals surface area (Å²) in [7, 11) is 0. The van der Waals surface area contributed by atoms with E-state index in [1.807, 2.05) is 60.7 Å². The quantitative estimate of drug-likeness (QED) is 0.739. The van der Waals surface area contributed by atoms with Crippen LogP contribution in [0.3, 0.4) is 0 Å². The Morgan fingerprint density at radius 2 is 1.54 bits per heavy atom. The van der Waals surface area contributed by atoms with Gasteiger partial charge in [0.2, 0.25) is 0 Å². The second-order valence-corrected chi connectivity index (χ2v) is 5.58. The molecule has 3 aromatic rings. The molecule has 0 aliphatic rings. The minimum atomic E-state index is -0.254. The van der Waals surface area contributed by atoms with Gasteiger partial charge in [-0.2, -0.15) is 0 Å². The van der Waals surface area contributed by atoms with Crippen molar-refractivity contribution in [2.24, 2.45) is 0 Å². The summed E-state index contributed by atoms with van der Waals surface area (Å²) in [6, 6.07) is 24.0. The number of rotatable bonds is 5. The molecule has 3 rings (SSSR count). The van der Waals surface area contributed by atoms with Crippen LogP contribution >= 0.6 is 0 Å². The highest BCUT2D eigenvalue weighted by Gasteiger charge is 2.05. The fraction of sp³-hybridized carbons (Fsp3) is 0.0952. The third-order valence-electron chi connectivity index (χ3n) is 3.84. The number of hydrogen-bond donors (Lipinski definition) is 1. The molecule has 0 radical (unpaired) electrons. The Bertz CT molecular complexity index is 813. The molecule has 3 heteroatoms. The lowest BCUT2D eigenvalue weighted by Gasteiger charge is -2.07. The van der Waals surface area contributed by atoms with Gasteiger partial charge in [0.05, 0.1) is 0 Å². The average Bonchev–Trinajstić information content (AvgIpc) is 2.63. The first-order valence-corrected chi connectivity index (χ1v) is 7.90. The molecule has 0 saturated carbocycles. The zero-order valence-corrected chi connectivity index (χ0v) is 13.2. The van der Waals surface area contributed by atoms with E-state index in [9.17, 15) is 9.18 Å². The van der Waals surface area contributed by atoms with Crippen molar-refractivity contribution < 1.29 is 9.18 Å². The van der Waals surface area contributed by atoms with Crippen molar-refractivity contribution in [1.29, 1.82) is 0 Å². The number of nitrogens with one attached hydrogen (secondary N) is 1. The van der Waals surface area contributed by atoms with Gasteiger partial charge < -0.3 is 5.32 Å². The molecular weight excluding hydrogens is 301 g/mol. The highest BCUT2D eigenvalue weighted by atomic mass is 19.1. The Hall–Kier alpha value is -2.94. The molecule has 1 N–H and O–H groups in total. The normalized spacial score (nSPS) is 10.4. The third kappa shape index (κ3) is 4.07. The van der Waals surface area contributed by atoms with Gasteiger partial charge in [-0.05, 0) is 47.4 Å². The molecule has 0 aliphatic heterocycles. The lowest BCUT2D eigenvalue weighted by Crippen LogP contribution is -2.25. The minimum Gasteiger partial charge on any atom is -0.352 e. The number of benzene rings is 3. The maximum atomic E-state index is 13.1. The van der Waals surface area contributed by atoms with E-state index in [2.05, 4.69) is 5.32 Å².